The molecule has 0 spiro atoms. The lowest BCUT2D eigenvalue weighted by atomic mass is 9.97. The summed E-state index contributed by atoms with van der Waals surface area (Å²) in [5.41, 5.74) is 2.63. The molecular weight excluding hydrogens is 386 g/mol. The number of unbranched alkanes of at least 4 members (excludes halogenated alkanes) is 1. The lowest BCUT2D eigenvalue weighted by molar-refractivity contribution is -0.142. The van der Waals surface area contributed by atoms with Crippen molar-refractivity contribution in [2.45, 2.75) is 32.1 Å². The van der Waals surface area contributed by atoms with Gasteiger partial charge >= 0.3 is 5.97 Å². The van der Waals surface area contributed by atoms with Gasteiger partial charge in [0.2, 0.25) is 6.79 Å². The average molecular weight is 413 g/mol. The molecule has 0 bridgehead atoms. The van der Waals surface area contributed by atoms with E-state index < -0.39 is 5.97 Å². The summed E-state index contributed by atoms with van der Waals surface area (Å²) in [5.74, 6) is 1.23. The second-order valence-corrected chi connectivity index (χ2v) is 7.65. The molecule has 1 aromatic heterocycles. The lowest BCUT2D eigenvalue weighted by Gasteiger charge is -2.32. The van der Waals surface area contributed by atoms with Gasteiger partial charge in [0.1, 0.15) is 5.69 Å². The van der Waals surface area contributed by atoms with Crippen LogP contribution in [0.15, 0.2) is 24.4 Å². The molecule has 0 saturated carbocycles. The molecule has 1 fully saturated rings. The zero-order valence-electron chi connectivity index (χ0n) is 17.2. The molecule has 0 unspecified atom stereocenters. The van der Waals surface area contributed by atoms with Crippen LogP contribution in [0.2, 0.25) is 0 Å². The number of aliphatic carboxylic acids is 1. The van der Waals surface area contributed by atoms with E-state index in [9.17, 15) is 9.90 Å². The van der Waals surface area contributed by atoms with Crippen LogP contribution in [0.3, 0.4) is 0 Å². The van der Waals surface area contributed by atoms with Crippen molar-refractivity contribution >= 4 is 11.8 Å². The van der Waals surface area contributed by atoms with Crippen LogP contribution < -0.4 is 14.4 Å². The first-order chi connectivity index (χ1) is 14.7. The van der Waals surface area contributed by atoms with E-state index in [1.807, 2.05) is 24.4 Å². The summed E-state index contributed by atoms with van der Waals surface area (Å²) in [5, 5.41) is 9.32. The van der Waals surface area contributed by atoms with Gasteiger partial charge in [0.15, 0.2) is 17.3 Å². The summed E-state index contributed by atoms with van der Waals surface area (Å²) in [7, 11) is 1.71. The van der Waals surface area contributed by atoms with Crippen LogP contribution in [0.4, 0.5) is 5.82 Å². The highest BCUT2D eigenvalue weighted by Gasteiger charge is 2.27. The maximum atomic E-state index is 11.3. The third-order valence-electron chi connectivity index (χ3n) is 5.63. The molecule has 2 aliphatic heterocycles. The molecule has 1 N–H and O–H groups in total. The monoisotopic (exact) mass is 413 g/mol. The van der Waals surface area contributed by atoms with Crippen LogP contribution in [0, 0.1) is 5.92 Å². The molecule has 1 saturated heterocycles. The number of fused-ring (bicyclic) bond motifs is 1. The van der Waals surface area contributed by atoms with Crippen molar-refractivity contribution in [2.24, 2.45) is 5.92 Å². The normalized spacial score (nSPS) is 16.1. The number of rotatable bonds is 8. The second kappa shape index (κ2) is 9.30. The Morgan fingerprint density at radius 2 is 2.03 bits per heavy atom. The topological polar surface area (TPSA) is 94.0 Å². The van der Waals surface area contributed by atoms with Crippen molar-refractivity contribution in [3.8, 4) is 22.8 Å². The fourth-order valence-electron chi connectivity index (χ4n) is 3.89. The van der Waals surface area contributed by atoms with Crippen LogP contribution in [0.25, 0.3) is 11.3 Å². The SMILES string of the molecule is COCCCCc1cnc(-c2ccc3c(c2)OCO3)c(N2CCC(C(=O)O)CC2)n1. The second-order valence-electron chi connectivity index (χ2n) is 7.65. The number of aromatic nitrogens is 2. The highest BCUT2D eigenvalue weighted by molar-refractivity contribution is 5.75. The van der Waals surface area contributed by atoms with Crippen LogP contribution in [0.5, 0.6) is 11.5 Å². The number of carboxylic acid groups (broad SMARTS) is 1. The summed E-state index contributed by atoms with van der Waals surface area (Å²) >= 11 is 0. The van der Waals surface area contributed by atoms with Crippen molar-refractivity contribution < 1.29 is 24.1 Å². The Labute approximate surface area is 175 Å². The van der Waals surface area contributed by atoms with Crippen LogP contribution in [0.1, 0.15) is 31.4 Å². The van der Waals surface area contributed by atoms with Crippen molar-refractivity contribution in [3.05, 3.63) is 30.1 Å². The zero-order chi connectivity index (χ0) is 20.9. The molecule has 0 atom stereocenters. The number of hydrogen-bond acceptors (Lipinski definition) is 7. The van der Waals surface area contributed by atoms with Gasteiger partial charge in [-0.3, -0.25) is 9.78 Å². The number of carboxylic acids is 1. The fraction of sp³-hybridized carbons (Fsp3) is 0.500. The van der Waals surface area contributed by atoms with Gasteiger partial charge in [0, 0.05) is 38.6 Å². The molecular formula is C22H27N3O5. The molecule has 0 aliphatic carbocycles. The van der Waals surface area contributed by atoms with E-state index in [0.29, 0.717) is 31.7 Å². The number of methoxy groups -OCH3 is 1. The Balaban J connectivity index is 1.61. The van der Waals surface area contributed by atoms with Gasteiger partial charge in [-0.1, -0.05) is 0 Å². The molecule has 4 rings (SSSR count). The van der Waals surface area contributed by atoms with Crippen molar-refractivity contribution in [3.63, 3.8) is 0 Å². The van der Waals surface area contributed by atoms with Crippen LogP contribution >= 0.6 is 0 Å². The fourth-order valence-corrected chi connectivity index (χ4v) is 3.89. The molecule has 0 radical (unpaired) electrons. The van der Waals surface area contributed by atoms with Crippen molar-refractivity contribution in [1.29, 1.82) is 0 Å². The van der Waals surface area contributed by atoms with E-state index in [1.165, 1.54) is 0 Å². The molecule has 160 valence electrons. The predicted octanol–water partition coefficient (Wildman–Crippen LogP) is 3.14. The Kier molecular flexibility index (Phi) is 6.32. The lowest BCUT2D eigenvalue weighted by Crippen LogP contribution is -2.37. The van der Waals surface area contributed by atoms with Crippen molar-refractivity contribution in [2.75, 3.05) is 38.5 Å². The minimum absolute atomic E-state index is 0.223. The van der Waals surface area contributed by atoms with Crippen LogP contribution in [-0.4, -0.2) is 54.6 Å². The Morgan fingerprint density at radius 3 is 2.80 bits per heavy atom. The number of carbonyl (C=O) groups is 1. The summed E-state index contributed by atoms with van der Waals surface area (Å²) in [6.07, 6.45) is 5.83. The first kappa shape index (κ1) is 20.4. The summed E-state index contributed by atoms with van der Waals surface area (Å²) in [6, 6.07) is 5.78. The van der Waals surface area contributed by atoms with E-state index in [-0.39, 0.29) is 12.7 Å². The van der Waals surface area contributed by atoms with Crippen molar-refractivity contribution in [1.82, 2.24) is 9.97 Å². The van der Waals surface area contributed by atoms with Gasteiger partial charge < -0.3 is 24.2 Å². The van der Waals surface area contributed by atoms with E-state index >= 15 is 0 Å². The van der Waals surface area contributed by atoms with Gasteiger partial charge in [-0.05, 0) is 50.3 Å². The van der Waals surface area contributed by atoms with Gasteiger partial charge in [0.25, 0.3) is 0 Å². The highest BCUT2D eigenvalue weighted by atomic mass is 16.7. The predicted molar refractivity (Wildman–Crippen MR) is 111 cm³/mol. The third-order valence-corrected chi connectivity index (χ3v) is 5.63. The Hall–Kier alpha value is -2.87. The number of benzene rings is 1. The van der Waals surface area contributed by atoms with Crippen LogP contribution in [-0.2, 0) is 16.0 Å². The molecule has 8 heteroatoms. The van der Waals surface area contributed by atoms with Gasteiger partial charge in [-0.15, -0.1) is 0 Å². The average Bonchev–Trinajstić information content (AvgIpc) is 3.24. The quantitative estimate of drug-likeness (QED) is 0.660. The van der Waals surface area contributed by atoms with Gasteiger partial charge in [-0.25, -0.2) is 4.98 Å². The zero-order valence-corrected chi connectivity index (χ0v) is 17.2. The standard InChI is InChI=1S/C22H27N3O5/c1-28-11-3-2-4-17-13-23-20(16-5-6-18-19(12-16)30-14-29-18)21(24-17)25-9-7-15(8-10-25)22(26)27/h5-6,12-13,15H,2-4,7-11,14H2,1H3,(H,26,27). The number of hydrogen-bond donors (Lipinski definition) is 1. The van der Waals surface area contributed by atoms with E-state index in [4.69, 9.17) is 24.2 Å². The maximum Gasteiger partial charge on any atom is 0.306 e. The molecule has 8 nitrogen and oxygen atoms in total. The third kappa shape index (κ3) is 4.48. The van der Waals surface area contributed by atoms with E-state index in [0.717, 1.165) is 54.4 Å². The Bertz CT molecular complexity index is 896. The largest absolute Gasteiger partial charge is 0.481 e. The number of ether oxygens (including phenoxy) is 3. The number of nitrogens with zero attached hydrogens (tertiary/aromatic N) is 3. The summed E-state index contributed by atoms with van der Waals surface area (Å²) < 4.78 is 16.1. The summed E-state index contributed by atoms with van der Waals surface area (Å²) in [4.78, 5) is 23.2. The maximum absolute atomic E-state index is 11.3. The Morgan fingerprint density at radius 1 is 1.23 bits per heavy atom. The first-order valence-electron chi connectivity index (χ1n) is 10.4. The molecule has 3 heterocycles. The minimum Gasteiger partial charge on any atom is -0.481 e. The number of anilines is 1. The van der Waals surface area contributed by atoms with Gasteiger partial charge in [0.05, 0.1) is 11.6 Å². The number of piperidine rings is 1. The van der Waals surface area contributed by atoms with E-state index in [1.54, 1.807) is 7.11 Å². The molecule has 2 aromatic rings. The van der Waals surface area contributed by atoms with E-state index in [2.05, 4.69) is 4.90 Å². The molecule has 0 amide bonds. The summed E-state index contributed by atoms with van der Waals surface area (Å²) in [6.45, 7) is 2.26. The highest BCUT2D eigenvalue weighted by Crippen LogP contribution is 2.38. The molecule has 1 aromatic carbocycles. The molecule has 30 heavy (non-hydrogen) atoms. The smallest absolute Gasteiger partial charge is 0.306 e. The first-order valence-corrected chi connectivity index (χ1v) is 10.4. The molecule has 2 aliphatic rings. The van der Waals surface area contributed by atoms with Gasteiger partial charge in [-0.2, -0.15) is 0 Å². The number of aryl methyl sites for hydroxylation is 1. The minimum atomic E-state index is -0.719.